The van der Waals surface area contributed by atoms with Gasteiger partial charge in [0.1, 0.15) is 0 Å². The van der Waals surface area contributed by atoms with Crippen LogP contribution in [-0.2, 0) is 0 Å². The SMILES string of the molecule is CCCCC#C[C@@](O)(/C=C/CCCC)[C@H](C)O. The van der Waals surface area contributed by atoms with E-state index in [1.165, 1.54) is 0 Å². The van der Waals surface area contributed by atoms with Crippen LogP contribution in [0, 0.1) is 11.8 Å². The van der Waals surface area contributed by atoms with Crippen molar-refractivity contribution >= 4 is 0 Å². The third kappa shape index (κ3) is 7.20. The first-order chi connectivity index (χ1) is 8.06. The van der Waals surface area contributed by atoms with E-state index >= 15 is 0 Å². The van der Waals surface area contributed by atoms with Crippen LogP contribution < -0.4 is 0 Å². The lowest BCUT2D eigenvalue weighted by Gasteiger charge is -2.21. The average molecular weight is 238 g/mol. The summed E-state index contributed by atoms with van der Waals surface area (Å²) in [5, 5.41) is 19.8. The van der Waals surface area contributed by atoms with E-state index in [0.29, 0.717) is 0 Å². The zero-order chi connectivity index (χ0) is 13.1. The summed E-state index contributed by atoms with van der Waals surface area (Å²) in [6.07, 6.45) is 8.70. The lowest BCUT2D eigenvalue weighted by atomic mass is 9.97. The van der Waals surface area contributed by atoms with Gasteiger partial charge in [-0.3, -0.25) is 0 Å². The molecule has 0 rings (SSSR count). The van der Waals surface area contributed by atoms with Gasteiger partial charge in [-0.15, -0.1) is 0 Å². The van der Waals surface area contributed by atoms with Gasteiger partial charge in [-0.05, 0) is 25.8 Å². The van der Waals surface area contributed by atoms with Crippen LogP contribution in [0.5, 0.6) is 0 Å². The highest BCUT2D eigenvalue weighted by Crippen LogP contribution is 2.13. The van der Waals surface area contributed by atoms with Gasteiger partial charge >= 0.3 is 0 Å². The van der Waals surface area contributed by atoms with Gasteiger partial charge in [-0.1, -0.05) is 51.0 Å². The minimum Gasteiger partial charge on any atom is -0.389 e. The molecule has 0 aliphatic carbocycles. The van der Waals surface area contributed by atoms with E-state index in [2.05, 4.69) is 25.7 Å². The fourth-order valence-electron chi connectivity index (χ4n) is 1.34. The van der Waals surface area contributed by atoms with Crippen molar-refractivity contribution in [3.05, 3.63) is 12.2 Å². The van der Waals surface area contributed by atoms with Crippen LogP contribution in [0.2, 0.25) is 0 Å². The Hall–Kier alpha value is -0.780. The molecule has 0 saturated heterocycles. The van der Waals surface area contributed by atoms with Crippen molar-refractivity contribution < 1.29 is 10.2 Å². The van der Waals surface area contributed by atoms with Crippen molar-refractivity contribution in [1.29, 1.82) is 0 Å². The molecule has 0 spiro atoms. The number of unbranched alkanes of at least 4 members (excludes halogenated alkanes) is 4. The van der Waals surface area contributed by atoms with E-state index in [1.54, 1.807) is 13.0 Å². The monoisotopic (exact) mass is 238 g/mol. The van der Waals surface area contributed by atoms with Gasteiger partial charge in [0.05, 0.1) is 6.10 Å². The van der Waals surface area contributed by atoms with Gasteiger partial charge in [0.25, 0.3) is 0 Å². The maximum Gasteiger partial charge on any atom is 0.169 e. The molecule has 0 aliphatic heterocycles. The molecule has 2 N–H and O–H groups in total. The van der Waals surface area contributed by atoms with Crippen molar-refractivity contribution in [2.45, 2.75) is 71.0 Å². The summed E-state index contributed by atoms with van der Waals surface area (Å²) < 4.78 is 0. The number of allylic oxidation sites excluding steroid dienone is 1. The average Bonchev–Trinajstić information content (AvgIpc) is 2.30. The summed E-state index contributed by atoms with van der Waals surface area (Å²) >= 11 is 0. The van der Waals surface area contributed by atoms with Crippen LogP contribution in [0.1, 0.15) is 59.3 Å². The minimum absolute atomic E-state index is 0.772. The topological polar surface area (TPSA) is 40.5 Å². The fraction of sp³-hybridized carbons (Fsp3) is 0.733. The molecule has 0 radical (unpaired) electrons. The Kier molecular flexibility index (Phi) is 8.85. The van der Waals surface area contributed by atoms with Crippen molar-refractivity contribution in [2.24, 2.45) is 0 Å². The van der Waals surface area contributed by atoms with E-state index in [4.69, 9.17) is 0 Å². The molecule has 0 aromatic rings. The second-order valence-electron chi connectivity index (χ2n) is 4.45. The molecule has 0 bridgehead atoms. The number of hydrogen-bond donors (Lipinski definition) is 2. The number of aliphatic hydroxyl groups is 2. The Morgan fingerprint density at radius 1 is 1.24 bits per heavy atom. The number of aliphatic hydroxyl groups excluding tert-OH is 1. The smallest absolute Gasteiger partial charge is 0.169 e. The van der Waals surface area contributed by atoms with Gasteiger partial charge in [0.15, 0.2) is 5.60 Å². The molecule has 2 heteroatoms. The lowest BCUT2D eigenvalue weighted by Crippen LogP contribution is -2.36. The zero-order valence-corrected chi connectivity index (χ0v) is 11.4. The van der Waals surface area contributed by atoms with Crippen LogP contribution in [-0.4, -0.2) is 21.9 Å². The highest BCUT2D eigenvalue weighted by atomic mass is 16.3. The Balaban J connectivity index is 4.43. The molecule has 0 unspecified atom stereocenters. The summed E-state index contributed by atoms with van der Waals surface area (Å²) in [6, 6.07) is 0. The standard InChI is InChI=1S/C15H26O2/c1-4-6-8-10-12-15(17,14(3)16)13-11-9-7-5-2/h10,12,14,16-17H,4-9H2,1-3H3/b12-10+/t14-,15-/m0/s1. The molecule has 0 aromatic heterocycles. The van der Waals surface area contributed by atoms with Crippen molar-refractivity contribution in [3.63, 3.8) is 0 Å². The molecular weight excluding hydrogens is 212 g/mol. The fourth-order valence-corrected chi connectivity index (χ4v) is 1.34. The van der Waals surface area contributed by atoms with Crippen LogP contribution in [0.25, 0.3) is 0 Å². The van der Waals surface area contributed by atoms with Crippen LogP contribution in [0.15, 0.2) is 12.2 Å². The second-order valence-corrected chi connectivity index (χ2v) is 4.45. The summed E-state index contributed by atoms with van der Waals surface area (Å²) in [7, 11) is 0. The molecule has 0 amide bonds. The maximum atomic E-state index is 10.2. The molecule has 98 valence electrons. The van der Waals surface area contributed by atoms with Gasteiger partial charge in [0, 0.05) is 6.42 Å². The predicted molar refractivity (Wildman–Crippen MR) is 72.6 cm³/mol. The molecule has 0 aromatic carbocycles. The maximum absolute atomic E-state index is 10.2. The van der Waals surface area contributed by atoms with Crippen molar-refractivity contribution in [2.75, 3.05) is 0 Å². The molecule has 2 atom stereocenters. The minimum atomic E-state index is -1.39. The third-order valence-corrected chi connectivity index (χ3v) is 2.68. The van der Waals surface area contributed by atoms with Crippen molar-refractivity contribution in [3.8, 4) is 11.8 Å². The molecular formula is C15H26O2. The van der Waals surface area contributed by atoms with Crippen LogP contribution in [0.3, 0.4) is 0 Å². The van der Waals surface area contributed by atoms with E-state index in [-0.39, 0.29) is 0 Å². The largest absolute Gasteiger partial charge is 0.389 e. The zero-order valence-electron chi connectivity index (χ0n) is 11.4. The Morgan fingerprint density at radius 3 is 2.41 bits per heavy atom. The summed E-state index contributed by atoms with van der Waals surface area (Å²) in [5.41, 5.74) is -1.39. The van der Waals surface area contributed by atoms with Gasteiger partial charge < -0.3 is 10.2 Å². The van der Waals surface area contributed by atoms with E-state index in [1.807, 2.05) is 6.08 Å². The van der Waals surface area contributed by atoms with E-state index in [9.17, 15) is 10.2 Å². The van der Waals surface area contributed by atoms with E-state index in [0.717, 1.165) is 38.5 Å². The molecule has 0 aliphatic rings. The number of rotatable bonds is 7. The third-order valence-electron chi connectivity index (χ3n) is 2.68. The highest BCUT2D eigenvalue weighted by molar-refractivity contribution is 5.24. The Bertz CT molecular complexity index is 270. The highest BCUT2D eigenvalue weighted by Gasteiger charge is 2.26. The molecule has 0 saturated carbocycles. The first-order valence-electron chi connectivity index (χ1n) is 6.65. The second kappa shape index (κ2) is 9.27. The van der Waals surface area contributed by atoms with Gasteiger partial charge in [-0.25, -0.2) is 0 Å². The lowest BCUT2D eigenvalue weighted by molar-refractivity contribution is 0.0130. The van der Waals surface area contributed by atoms with E-state index < -0.39 is 11.7 Å². The van der Waals surface area contributed by atoms with Crippen LogP contribution in [0.4, 0.5) is 0 Å². The summed E-state index contributed by atoms with van der Waals surface area (Å²) in [6.45, 7) is 5.80. The molecule has 0 heterocycles. The van der Waals surface area contributed by atoms with Crippen LogP contribution >= 0.6 is 0 Å². The summed E-state index contributed by atoms with van der Waals surface area (Å²) in [5.74, 6) is 5.71. The predicted octanol–water partition coefficient (Wildman–Crippen LogP) is 3.04. The first-order valence-corrected chi connectivity index (χ1v) is 6.65. The van der Waals surface area contributed by atoms with Crippen molar-refractivity contribution in [1.82, 2.24) is 0 Å². The Labute approximate surface area is 106 Å². The van der Waals surface area contributed by atoms with Gasteiger partial charge in [0.2, 0.25) is 0 Å². The quantitative estimate of drug-likeness (QED) is 0.406. The Morgan fingerprint density at radius 2 is 1.88 bits per heavy atom. The molecule has 2 nitrogen and oxygen atoms in total. The first kappa shape index (κ1) is 16.2. The molecule has 0 fully saturated rings. The normalized spacial score (nSPS) is 16.3. The number of hydrogen-bond acceptors (Lipinski definition) is 2. The molecule has 17 heavy (non-hydrogen) atoms. The summed E-state index contributed by atoms with van der Waals surface area (Å²) in [4.78, 5) is 0. The van der Waals surface area contributed by atoms with Gasteiger partial charge in [-0.2, -0.15) is 0 Å².